The zero-order valence-corrected chi connectivity index (χ0v) is 20.2. The molecule has 1 aliphatic carbocycles. The van der Waals surface area contributed by atoms with Gasteiger partial charge in [0.25, 0.3) is 0 Å². The second kappa shape index (κ2) is 10.2. The number of anilines is 1. The second-order valence-corrected chi connectivity index (χ2v) is 9.79. The second-order valence-electron chi connectivity index (χ2n) is 8.28. The van der Waals surface area contributed by atoms with E-state index in [4.69, 9.17) is 16.3 Å². The number of carbonyl (C=O) groups excluding carboxylic acids is 2. The highest BCUT2D eigenvalue weighted by atomic mass is 35.5. The van der Waals surface area contributed by atoms with E-state index in [1.54, 1.807) is 23.2 Å². The fourth-order valence-corrected chi connectivity index (χ4v) is 6.35. The van der Waals surface area contributed by atoms with Crippen molar-refractivity contribution >= 4 is 39.9 Å². The number of piperazine rings is 1. The molecule has 6 nitrogen and oxygen atoms in total. The van der Waals surface area contributed by atoms with Crippen molar-refractivity contribution in [1.82, 2.24) is 9.80 Å². The quantitative estimate of drug-likeness (QED) is 0.653. The van der Waals surface area contributed by atoms with Crippen LogP contribution in [0.5, 0.6) is 0 Å². The van der Waals surface area contributed by atoms with Gasteiger partial charge in [-0.1, -0.05) is 29.8 Å². The lowest BCUT2D eigenvalue weighted by Gasteiger charge is -2.40. The first kappa shape index (κ1) is 23.1. The molecule has 0 radical (unpaired) electrons. The molecule has 4 rings (SSSR count). The molecule has 1 fully saturated rings. The van der Waals surface area contributed by atoms with Crippen molar-refractivity contribution in [3.8, 4) is 0 Å². The number of aryl methyl sites for hydroxylation is 1. The number of amides is 2. The van der Waals surface area contributed by atoms with Gasteiger partial charge in [-0.2, -0.15) is 0 Å². The van der Waals surface area contributed by atoms with Gasteiger partial charge in [-0.05, 0) is 49.8 Å². The maximum Gasteiger partial charge on any atom is 0.409 e. The van der Waals surface area contributed by atoms with Crippen LogP contribution in [-0.4, -0.2) is 54.6 Å². The van der Waals surface area contributed by atoms with Gasteiger partial charge in [0.15, 0.2) is 0 Å². The van der Waals surface area contributed by atoms with Crippen LogP contribution in [0.25, 0.3) is 0 Å². The van der Waals surface area contributed by atoms with Crippen LogP contribution >= 0.6 is 22.9 Å². The summed E-state index contributed by atoms with van der Waals surface area (Å²) in [4.78, 5) is 29.8. The fourth-order valence-electron chi connectivity index (χ4n) is 4.74. The smallest absolute Gasteiger partial charge is 0.409 e. The number of hydrogen-bond acceptors (Lipinski definition) is 5. The van der Waals surface area contributed by atoms with E-state index in [-0.39, 0.29) is 18.0 Å². The molecular formula is C24H30ClN3O3S. The molecule has 0 spiro atoms. The maximum atomic E-state index is 12.2. The third-order valence-corrected chi connectivity index (χ3v) is 7.75. The highest BCUT2D eigenvalue weighted by Gasteiger charge is 2.35. The maximum absolute atomic E-state index is 12.2. The number of nitrogens with zero attached hydrogens (tertiary/aromatic N) is 2. The van der Waals surface area contributed by atoms with Crippen molar-refractivity contribution in [1.29, 1.82) is 0 Å². The van der Waals surface area contributed by atoms with E-state index in [0.717, 1.165) is 34.8 Å². The van der Waals surface area contributed by atoms with Crippen LogP contribution < -0.4 is 5.32 Å². The van der Waals surface area contributed by atoms with E-state index >= 15 is 0 Å². The Balaban J connectivity index is 1.74. The molecular weight excluding hydrogens is 446 g/mol. The van der Waals surface area contributed by atoms with Crippen molar-refractivity contribution in [2.24, 2.45) is 0 Å². The van der Waals surface area contributed by atoms with Crippen molar-refractivity contribution in [3.63, 3.8) is 0 Å². The van der Waals surface area contributed by atoms with Gasteiger partial charge in [0.1, 0.15) is 5.00 Å². The van der Waals surface area contributed by atoms with E-state index in [0.29, 0.717) is 32.8 Å². The molecule has 2 amide bonds. The zero-order valence-electron chi connectivity index (χ0n) is 18.7. The SMILES string of the molecule is CCOC(=O)N1CCN(C(c2ccccc2Cl)c2c(NC(C)=O)sc3c2CCCC3)CC1. The summed E-state index contributed by atoms with van der Waals surface area (Å²) in [5.74, 6) is -0.0603. The Hall–Kier alpha value is -2.09. The predicted molar refractivity (Wildman–Crippen MR) is 129 cm³/mol. The summed E-state index contributed by atoms with van der Waals surface area (Å²) in [6, 6.07) is 7.89. The van der Waals surface area contributed by atoms with E-state index < -0.39 is 0 Å². The van der Waals surface area contributed by atoms with Gasteiger partial charge in [0.05, 0.1) is 12.6 Å². The van der Waals surface area contributed by atoms with Gasteiger partial charge < -0.3 is 15.0 Å². The topological polar surface area (TPSA) is 61.9 Å². The van der Waals surface area contributed by atoms with Gasteiger partial charge in [-0.15, -0.1) is 11.3 Å². The molecule has 0 saturated carbocycles. The third-order valence-electron chi connectivity index (χ3n) is 6.18. The van der Waals surface area contributed by atoms with Crippen LogP contribution in [-0.2, 0) is 22.4 Å². The Labute approximate surface area is 198 Å². The summed E-state index contributed by atoms with van der Waals surface area (Å²) in [6.45, 7) is 6.37. The normalized spacial score (nSPS) is 17.5. The molecule has 1 aliphatic heterocycles. The number of benzene rings is 1. The third kappa shape index (κ3) is 4.80. The lowest BCUT2D eigenvalue weighted by molar-refractivity contribution is -0.114. The Morgan fingerprint density at radius 2 is 1.88 bits per heavy atom. The van der Waals surface area contributed by atoms with Crippen LogP contribution in [0.2, 0.25) is 5.02 Å². The number of carbonyl (C=O) groups is 2. The Kier molecular flexibility index (Phi) is 7.38. The number of hydrogen-bond donors (Lipinski definition) is 1. The highest BCUT2D eigenvalue weighted by molar-refractivity contribution is 7.16. The van der Waals surface area contributed by atoms with Gasteiger partial charge in [0, 0.05) is 48.6 Å². The molecule has 2 aromatic rings. The monoisotopic (exact) mass is 475 g/mol. The average molecular weight is 476 g/mol. The molecule has 1 saturated heterocycles. The number of nitrogens with one attached hydrogen (secondary N) is 1. The number of rotatable bonds is 5. The summed E-state index contributed by atoms with van der Waals surface area (Å²) >= 11 is 8.43. The standard InChI is InChI=1S/C24H30ClN3O3S/c1-3-31-24(30)28-14-12-27(13-15-28)22(17-8-4-6-10-19(17)25)21-18-9-5-7-11-20(18)32-23(21)26-16(2)29/h4,6,8,10,22H,3,5,7,9,11-15H2,1-2H3,(H,26,29). The Morgan fingerprint density at radius 1 is 1.16 bits per heavy atom. The number of thiophene rings is 1. The number of halogens is 1. The van der Waals surface area contributed by atoms with Crippen LogP contribution in [0, 0.1) is 0 Å². The summed E-state index contributed by atoms with van der Waals surface area (Å²) in [7, 11) is 0. The van der Waals surface area contributed by atoms with Gasteiger partial charge >= 0.3 is 6.09 Å². The van der Waals surface area contributed by atoms with E-state index in [1.807, 2.05) is 25.1 Å². The van der Waals surface area contributed by atoms with Crippen LogP contribution in [0.4, 0.5) is 9.80 Å². The molecule has 2 aliphatic rings. The van der Waals surface area contributed by atoms with Gasteiger partial charge in [-0.3, -0.25) is 9.69 Å². The molecule has 1 aromatic carbocycles. The molecule has 172 valence electrons. The molecule has 32 heavy (non-hydrogen) atoms. The first-order chi connectivity index (χ1) is 15.5. The first-order valence-corrected chi connectivity index (χ1v) is 12.5. The summed E-state index contributed by atoms with van der Waals surface area (Å²) < 4.78 is 5.19. The van der Waals surface area contributed by atoms with Gasteiger partial charge in [-0.25, -0.2) is 4.79 Å². The molecule has 8 heteroatoms. The average Bonchev–Trinajstić information content (AvgIpc) is 3.13. The minimum absolute atomic E-state index is 0.0603. The van der Waals surface area contributed by atoms with Crippen molar-refractivity contribution in [2.45, 2.75) is 45.6 Å². The lowest BCUT2D eigenvalue weighted by Crippen LogP contribution is -2.50. The molecule has 1 N–H and O–H groups in total. The number of ether oxygens (including phenoxy) is 1. The van der Waals surface area contributed by atoms with Crippen LogP contribution in [0.15, 0.2) is 24.3 Å². The predicted octanol–water partition coefficient (Wildman–Crippen LogP) is 5.10. The van der Waals surface area contributed by atoms with Crippen molar-refractivity contribution in [3.05, 3.63) is 50.9 Å². The Morgan fingerprint density at radius 3 is 2.56 bits per heavy atom. The summed E-state index contributed by atoms with van der Waals surface area (Å²) in [6.07, 6.45) is 4.15. The van der Waals surface area contributed by atoms with Gasteiger partial charge in [0.2, 0.25) is 5.91 Å². The molecule has 2 heterocycles. The van der Waals surface area contributed by atoms with Crippen molar-refractivity contribution < 1.29 is 14.3 Å². The van der Waals surface area contributed by atoms with E-state index in [1.165, 1.54) is 22.4 Å². The lowest BCUT2D eigenvalue weighted by atomic mass is 9.88. The summed E-state index contributed by atoms with van der Waals surface area (Å²) in [5.41, 5.74) is 3.58. The molecule has 0 bridgehead atoms. The van der Waals surface area contributed by atoms with E-state index in [2.05, 4.69) is 16.3 Å². The Bertz CT molecular complexity index is 985. The number of fused-ring (bicyclic) bond motifs is 1. The largest absolute Gasteiger partial charge is 0.450 e. The fraction of sp³-hybridized carbons (Fsp3) is 0.500. The van der Waals surface area contributed by atoms with E-state index in [9.17, 15) is 9.59 Å². The highest BCUT2D eigenvalue weighted by Crippen LogP contribution is 2.46. The molecule has 1 atom stereocenters. The minimum atomic E-state index is -0.256. The summed E-state index contributed by atoms with van der Waals surface area (Å²) in [5, 5.41) is 4.76. The van der Waals surface area contributed by atoms with Crippen LogP contribution in [0.1, 0.15) is 54.3 Å². The molecule has 1 unspecified atom stereocenters. The zero-order chi connectivity index (χ0) is 22.7. The molecule has 1 aromatic heterocycles. The van der Waals surface area contributed by atoms with Crippen molar-refractivity contribution in [2.75, 3.05) is 38.1 Å². The minimum Gasteiger partial charge on any atom is -0.450 e. The van der Waals surface area contributed by atoms with Crippen LogP contribution in [0.3, 0.4) is 0 Å². The first-order valence-electron chi connectivity index (χ1n) is 11.3.